The molecule has 20 heavy (non-hydrogen) atoms. The molecule has 0 spiro atoms. The van der Waals surface area contributed by atoms with Crippen molar-refractivity contribution in [2.45, 2.75) is 51.5 Å². The Morgan fingerprint density at radius 3 is 2.20 bits per heavy atom. The highest BCUT2D eigenvalue weighted by Gasteiger charge is 2.20. The van der Waals surface area contributed by atoms with E-state index in [0.29, 0.717) is 9.52 Å². The highest BCUT2D eigenvalue weighted by Crippen LogP contribution is 2.33. The van der Waals surface area contributed by atoms with Crippen molar-refractivity contribution in [3.8, 4) is 0 Å². The van der Waals surface area contributed by atoms with Gasteiger partial charge in [-0.05, 0) is 46.6 Å². The van der Waals surface area contributed by atoms with Crippen molar-refractivity contribution in [3.63, 3.8) is 0 Å². The molecule has 1 fully saturated rings. The van der Waals surface area contributed by atoms with E-state index in [1.54, 1.807) is 22.6 Å². The molecule has 2 rings (SSSR count). The Kier molecular flexibility index (Phi) is 6.45. The molecule has 0 atom stereocenters. The second-order valence-electron chi connectivity index (χ2n) is 5.81. The average molecular weight is 406 g/mol. The summed E-state index contributed by atoms with van der Waals surface area (Å²) in [5.74, 6) is 0.846. The molecule has 0 heterocycles. The molecule has 0 aromatic heterocycles. The Balaban J connectivity index is 1.82. The summed E-state index contributed by atoms with van der Waals surface area (Å²) < 4.78 is 27.1. The quantitative estimate of drug-likeness (QED) is 0.370. The van der Waals surface area contributed by atoms with Crippen molar-refractivity contribution in [1.82, 2.24) is 0 Å². The Morgan fingerprint density at radius 1 is 1.10 bits per heavy atom. The van der Waals surface area contributed by atoms with Crippen LogP contribution < -0.4 is 5.19 Å². The van der Waals surface area contributed by atoms with Gasteiger partial charge in [-0.25, -0.2) is 8.78 Å². The minimum atomic E-state index is -0.417. The van der Waals surface area contributed by atoms with E-state index >= 15 is 0 Å². The van der Waals surface area contributed by atoms with Crippen LogP contribution >= 0.6 is 22.6 Å². The average Bonchev–Trinajstić information content (AvgIpc) is 2.44. The van der Waals surface area contributed by atoms with E-state index in [2.05, 4.69) is 6.92 Å². The van der Waals surface area contributed by atoms with E-state index in [1.165, 1.54) is 50.7 Å². The topological polar surface area (TPSA) is 0 Å². The van der Waals surface area contributed by atoms with Crippen molar-refractivity contribution in [3.05, 3.63) is 27.3 Å². The summed E-state index contributed by atoms with van der Waals surface area (Å²) in [6.45, 7) is 2.26. The monoisotopic (exact) mass is 406 g/mol. The van der Waals surface area contributed by atoms with E-state index in [1.807, 2.05) is 0 Å². The Morgan fingerprint density at radius 2 is 1.65 bits per heavy atom. The summed E-state index contributed by atoms with van der Waals surface area (Å²) in [7, 11) is 0.534. The van der Waals surface area contributed by atoms with Crippen molar-refractivity contribution in [2.24, 2.45) is 11.8 Å². The molecule has 4 heteroatoms. The summed E-state index contributed by atoms with van der Waals surface area (Å²) in [6.07, 6.45) is 7.94. The molecular formula is C16H21F2ISi. The molecule has 110 valence electrons. The van der Waals surface area contributed by atoms with E-state index < -0.39 is 11.6 Å². The predicted molar refractivity (Wildman–Crippen MR) is 89.6 cm³/mol. The molecule has 1 aliphatic rings. The molecule has 0 unspecified atom stereocenters. The van der Waals surface area contributed by atoms with Crippen molar-refractivity contribution in [2.75, 3.05) is 0 Å². The fraction of sp³-hybridized carbons (Fsp3) is 0.625. The van der Waals surface area contributed by atoms with Crippen LogP contribution in [0.5, 0.6) is 0 Å². The molecule has 0 amide bonds. The lowest BCUT2D eigenvalue weighted by molar-refractivity contribution is 0.276. The minimum Gasteiger partial charge on any atom is -0.206 e. The maximum Gasteiger partial charge on any atom is 0.139 e. The lowest BCUT2D eigenvalue weighted by Gasteiger charge is -2.28. The number of halogens is 3. The molecule has 2 radical (unpaired) electrons. The third-order valence-corrected chi connectivity index (χ3v) is 6.75. The van der Waals surface area contributed by atoms with Gasteiger partial charge in [0.15, 0.2) is 0 Å². The van der Waals surface area contributed by atoms with Gasteiger partial charge in [-0.15, -0.1) is 0 Å². The third kappa shape index (κ3) is 4.51. The van der Waals surface area contributed by atoms with Gasteiger partial charge in [0, 0.05) is 0 Å². The SMILES string of the molecule is CCCC1CCC(C[Si]c2cc(F)c(I)c(F)c2)CC1. The van der Waals surface area contributed by atoms with Gasteiger partial charge in [0.25, 0.3) is 0 Å². The van der Waals surface area contributed by atoms with Gasteiger partial charge in [-0.1, -0.05) is 56.7 Å². The normalized spacial score (nSPS) is 23.0. The third-order valence-electron chi connectivity index (χ3n) is 4.24. The van der Waals surface area contributed by atoms with Crippen LogP contribution in [0.4, 0.5) is 8.78 Å². The fourth-order valence-corrected chi connectivity index (χ4v) is 4.75. The number of hydrogen-bond donors (Lipinski definition) is 0. The Labute approximate surface area is 136 Å². The number of benzene rings is 1. The van der Waals surface area contributed by atoms with Gasteiger partial charge in [-0.3, -0.25) is 0 Å². The van der Waals surface area contributed by atoms with Gasteiger partial charge in [-0.2, -0.15) is 0 Å². The largest absolute Gasteiger partial charge is 0.206 e. The maximum absolute atomic E-state index is 13.5. The van der Waals surface area contributed by atoms with E-state index in [4.69, 9.17) is 0 Å². The van der Waals surface area contributed by atoms with E-state index in [-0.39, 0.29) is 3.57 Å². The van der Waals surface area contributed by atoms with Gasteiger partial charge in [0.2, 0.25) is 0 Å². The summed E-state index contributed by atoms with van der Waals surface area (Å²) in [5, 5.41) is 0.830. The first-order valence-electron chi connectivity index (χ1n) is 7.48. The highest BCUT2D eigenvalue weighted by atomic mass is 127. The van der Waals surface area contributed by atoms with Crippen molar-refractivity contribution in [1.29, 1.82) is 0 Å². The van der Waals surface area contributed by atoms with Crippen LogP contribution in [0, 0.1) is 27.0 Å². The first-order valence-corrected chi connectivity index (χ1v) is 9.77. The summed E-state index contributed by atoms with van der Waals surface area (Å²) in [6, 6.07) is 4.11. The van der Waals surface area contributed by atoms with Gasteiger partial charge in [0.1, 0.15) is 11.6 Å². The van der Waals surface area contributed by atoms with Crippen LogP contribution in [0.25, 0.3) is 0 Å². The molecule has 0 saturated heterocycles. The molecule has 1 aliphatic carbocycles. The molecule has 0 aliphatic heterocycles. The second kappa shape index (κ2) is 7.87. The maximum atomic E-state index is 13.5. The van der Waals surface area contributed by atoms with Crippen LogP contribution in [0.3, 0.4) is 0 Å². The molecule has 0 N–H and O–H groups in total. The summed E-state index contributed by atoms with van der Waals surface area (Å²) in [4.78, 5) is 0. The first kappa shape index (κ1) is 16.4. The highest BCUT2D eigenvalue weighted by molar-refractivity contribution is 14.1. The molecule has 0 nitrogen and oxygen atoms in total. The zero-order chi connectivity index (χ0) is 14.5. The molecule has 1 aromatic carbocycles. The van der Waals surface area contributed by atoms with Gasteiger partial charge >= 0.3 is 0 Å². The summed E-state index contributed by atoms with van der Waals surface area (Å²) in [5.41, 5.74) is 0. The van der Waals surface area contributed by atoms with E-state index in [9.17, 15) is 8.78 Å². The Bertz CT molecular complexity index is 419. The predicted octanol–water partition coefficient (Wildman–Crippen LogP) is 4.92. The molecule has 1 aromatic rings. The van der Waals surface area contributed by atoms with Crippen LogP contribution in [-0.2, 0) is 0 Å². The van der Waals surface area contributed by atoms with Crippen molar-refractivity contribution >= 4 is 37.3 Å². The van der Waals surface area contributed by atoms with Crippen LogP contribution in [0.15, 0.2) is 12.1 Å². The lowest BCUT2D eigenvalue weighted by Crippen LogP contribution is -2.22. The van der Waals surface area contributed by atoms with Gasteiger partial charge in [0.05, 0.1) is 13.1 Å². The standard InChI is InChI=1S/C16H21F2ISi/c1-2-3-11-4-6-12(7-5-11)10-20-13-8-14(17)16(19)15(18)9-13/h8-9,11-12H,2-7,10H2,1H3. The van der Waals surface area contributed by atoms with Gasteiger partial charge < -0.3 is 0 Å². The van der Waals surface area contributed by atoms with Crippen LogP contribution in [0.2, 0.25) is 6.04 Å². The minimum absolute atomic E-state index is 0.108. The van der Waals surface area contributed by atoms with Crippen LogP contribution in [0.1, 0.15) is 45.4 Å². The zero-order valence-corrected chi connectivity index (χ0v) is 15.1. The summed E-state index contributed by atoms with van der Waals surface area (Å²) >= 11 is 1.72. The first-order chi connectivity index (χ1) is 9.60. The van der Waals surface area contributed by atoms with E-state index in [0.717, 1.165) is 23.1 Å². The zero-order valence-electron chi connectivity index (χ0n) is 11.9. The lowest BCUT2D eigenvalue weighted by atomic mass is 9.81. The van der Waals surface area contributed by atoms with Crippen LogP contribution in [-0.4, -0.2) is 9.52 Å². The molecular weight excluding hydrogens is 385 g/mol. The number of hydrogen-bond acceptors (Lipinski definition) is 0. The number of rotatable bonds is 5. The smallest absolute Gasteiger partial charge is 0.139 e. The fourth-order valence-electron chi connectivity index (χ4n) is 3.05. The molecule has 0 bridgehead atoms. The second-order valence-corrected chi connectivity index (χ2v) is 8.23. The van der Waals surface area contributed by atoms with Crippen molar-refractivity contribution < 1.29 is 8.78 Å². The Hall–Kier alpha value is 0.0269. The molecule has 1 saturated carbocycles.